The van der Waals surface area contributed by atoms with Crippen molar-refractivity contribution < 1.29 is 14.6 Å². The lowest BCUT2D eigenvalue weighted by molar-refractivity contribution is 0.275. The van der Waals surface area contributed by atoms with Crippen molar-refractivity contribution in [1.29, 1.82) is 0 Å². The molecule has 0 aromatic heterocycles. The molecule has 0 amide bonds. The van der Waals surface area contributed by atoms with Crippen LogP contribution in [0.3, 0.4) is 0 Å². The fourth-order valence-electron chi connectivity index (χ4n) is 1.29. The first-order chi connectivity index (χ1) is 8.62. The normalized spacial score (nSPS) is 11.5. The highest BCUT2D eigenvalue weighted by atomic mass is 79.9. The van der Waals surface area contributed by atoms with Gasteiger partial charge in [-0.2, -0.15) is 0 Å². The summed E-state index contributed by atoms with van der Waals surface area (Å²) in [5, 5.41) is 9.52. The molecule has 0 aliphatic carbocycles. The Morgan fingerprint density at radius 1 is 1.44 bits per heavy atom. The van der Waals surface area contributed by atoms with Crippen molar-refractivity contribution in [2.24, 2.45) is 0 Å². The van der Waals surface area contributed by atoms with Crippen LogP contribution in [0.1, 0.15) is 12.5 Å². The second kappa shape index (κ2) is 7.89. The van der Waals surface area contributed by atoms with E-state index in [-0.39, 0.29) is 13.2 Å². The van der Waals surface area contributed by atoms with Gasteiger partial charge in [0.2, 0.25) is 0 Å². The molecule has 0 saturated carbocycles. The van der Waals surface area contributed by atoms with Crippen LogP contribution in [0.25, 0.3) is 0 Å². The maximum absolute atomic E-state index is 9.14. The quantitative estimate of drug-likeness (QED) is 0.836. The van der Waals surface area contributed by atoms with Crippen molar-refractivity contribution in [3.63, 3.8) is 0 Å². The summed E-state index contributed by atoms with van der Waals surface area (Å²) in [6.45, 7) is 2.45. The van der Waals surface area contributed by atoms with E-state index in [9.17, 15) is 0 Å². The van der Waals surface area contributed by atoms with E-state index in [0.717, 1.165) is 5.56 Å². The standard InChI is InChI=1S/C12H13BrCl2O3/c1-2-17-11-4-8(6-16)3-10(13)12(11)18-7-9(15)5-14/h3-5,16H,2,6-7H2,1H3. The fraction of sp³-hybridized carbons (Fsp3) is 0.333. The molecule has 0 aliphatic rings. The van der Waals surface area contributed by atoms with Crippen LogP contribution in [0, 0.1) is 0 Å². The first-order valence-corrected chi connectivity index (χ1v) is 6.86. The molecule has 1 N–H and O–H groups in total. The van der Waals surface area contributed by atoms with Gasteiger partial charge in [-0.1, -0.05) is 23.2 Å². The third kappa shape index (κ3) is 4.35. The summed E-state index contributed by atoms with van der Waals surface area (Å²) in [4.78, 5) is 0. The summed E-state index contributed by atoms with van der Waals surface area (Å²) >= 11 is 14.6. The Labute approximate surface area is 124 Å². The van der Waals surface area contributed by atoms with E-state index in [4.69, 9.17) is 37.8 Å². The average Bonchev–Trinajstić information content (AvgIpc) is 2.37. The van der Waals surface area contributed by atoms with Gasteiger partial charge < -0.3 is 14.6 Å². The largest absolute Gasteiger partial charge is 0.490 e. The molecular weight excluding hydrogens is 343 g/mol. The van der Waals surface area contributed by atoms with E-state index in [1.165, 1.54) is 5.54 Å². The summed E-state index contributed by atoms with van der Waals surface area (Å²) in [6.07, 6.45) is 0. The summed E-state index contributed by atoms with van der Waals surface area (Å²) in [5.41, 5.74) is 1.98. The van der Waals surface area contributed by atoms with E-state index in [1.807, 2.05) is 6.92 Å². The Hall–Kier alpha value is -0.420. The number of aliphatic hydroxyl groups excluding tert-OH is 1. The van der Waals surface area contributed by atoms with Crippen LogP contribution in [-0.2, 0) is 6.61 Å². The van der Waals surface area contributed by atoms with E-state index < -0.39 is 0 Å². The summed E-state index contributed by atoms with van der Waals surface area (Å²) in [7, 11) is 0. The molecule has 6 heteroatoms. The molecule has 0 spiro atoms. The molecule has 1 rings (SSSR count). The number of hydrogen-bond donors (Lipinski definition) is 1. The Kier molecular flexibility index (Phi) is 6.86. The molecular formula is C12H13BrCl2O3. The Morgan fingerprint density at radius 2 is 2.17 bits per heavy atom. The molecule has 0 aliphatic heterocycles. The maximum atomic E-state index is 9.14. The van der Waals surface area contributed by atoms with Gasteiger partial charge in [0.05, 0.1) is 22.7 Å². The number of benzene rings is 1. The Bertz CT molecular complexity index is 436. The second-order valence-corrected chi connectivity index (χ2v) is 4.90. The molecule has 1 aromatic carbocycles. The van der Waals surface area contributed by atoms with Crippen LogP contribution >= 0.6 is 39.1 Å². The first-order valence-electron chi connectivity index (χ1n) is 5.26. The molecule has 1 aromatic rings. The molecule has 0 fully saturated rings. The number of rotatable bonds is 6. The lowest BCUT2D eigenvalue weighted by atomic mass is 10.2. The van der Waals surface area contributed by atoms with Crippen LogP contribution in [0.15, 0.2) is 27.2 Å². The van der Waals surface area contributed by atoms with E-state index in [0.29, 0.717) is 27.6 Å². The monoisotopic (exact) mass is 354 g/mol. The molecule has 0 heterocycles. The Balaban J connectivity index is 3.00. The van der Waals surface area contributed by atoms with Gasteiger partial charge in [-0.25, -0.2) is 0 Å². The third-order valence-electron chi connectivity index (χ3n) is 2.02. The third-order valence-corrected chi connectivity index (χ3v) is 3.21. The minimum Gasteiger partial charge on any atom is -0.490 e. The highest BCUT2D eigenvalue weighted by molar-refractivity contribution is 9.10. The zero-order valence-corrected chi connectivity index (χ0v) is 12.8. The van der Waals surface area contributed by atoms with Crippen molar-refractivity contribution in [2.45, 2.75) is 13.5 Å². The zero-order valence-electron chi connectivity index (χ0n) is 9.75. The van der Waals surface area contributed by atoms with Crippen LogP contribution in [0.2, 0.25) is 0 Å². The Morgan fingerprint density at radius 3 is 2.72 bits per heavy atom. The molecule has 18 heavy (non-hydrogen) atoms. The highest BCUT2D eigenvalue weighted by Crippen LogP contribution is 2.37. The van der Waals surface area contributed by atoms with Gasteiger partial charge >= 0.3 is 0 Å². The van der Waals surface area contributed by atoms with Crippen molar-refractivity contribution in [1.82, 2.24) is 0 Å². The van der Waals surface area contributed by atoms with Gasteiger partial charge in [-0.15, -0.1) is 0 Å². The molecule has 0 saturated heterocycles. The van der Waals surface area contributed by atoms with Gasteiger partial charge in [0.1, 0.15) is 6.61 Å². The van der Waals surface area contributed by atoms with Crippen molar-refractivity contribution in [3.8, 4) is 11.5 Å². The maximum Gasteiger partial charge on any atom is 0.175 e. The summed E-state index contributed by atoms with van der Waals surface area (Å²) in [5.74, 6) is 1.08. The molecule has 3 nitrogen and oxygen atoms in total. The van der Waals surface area contributed by atoms with Crippen LogP contribution in [0.4, 0.5) is 0 Å². The number of hydrogen-bond acceptors (Lipinski definition) is 3. The van der Waals surface area contributed by atoms with Gasteiger partial charge in [0, 0.05) is 5.54 Å². The predicted molar refractivity (Wildman–Crippen MR) is 76.5 cm³/mol. The number of aliphatic hydroxyl groups is 1. The van der Waals surface area contributed by atoms with Gasteiger partial charge in [-0.3, -0.25) is 0 Å². The van der Waals surface area contributed by atoms with Crippen molar-refractivity contribution in [2.75, 3.05) is 13.2 Å². The van der Waals surface area contributed by atoms with Crippen LogP contribution in [-0.4, -0.2) is 18.3 Å². The number of halogens is 3. The van der Waals surface area contributed by atoms with Gasteiger partial charge in [0.25, 0.3) is 0 Å². The minimum atomic E-state index is -0.0682. The molecule has 0 atom stereocenters. The van der Waals surface area contributed by atoms with Gasteiger partial charge in [0.15, 0.2) is 11.5 Å². The minimum absolute atomic E-state index is 0.0682. The zero-order chi connectivity index (χ0) is 13.5. The SMILES string of the molecule is CCOc1cc(CO)cc(Br)c1OCC(Cl)=CCl. The van der Waals surface area contributed by atoms with Crippen molar-refractivity contribution >= 4 is 39.1 Å². The topological polar surface area (TPSA) is 38.7 Å². The fourth-order valence-corrected chi connectivity index (χ4v) is 2.01. The van der Waals surface area contributed by atoms with Crippen LogP contribution in [0.5, 0.6) is 11.5 Å². The summed E-state index contributed by atoms with van der Waals surface area (Å²) < 4.78 is 11.7. The molecule has 100 valence electrons. The van der Waals surface area contributed by atoms with Crippen LogP contribution < -0.4 is 9.47 Å². The lowest BCUT2D eigenvalue weighted by Gasteiger charge is -2.14. The molecule has 0 unspecified atom stereocenters. The highest BCUT2D eigenvalue weighted by Gasteiger charge is 2.12. The first kappa shape index (κ1) is 15.6. The van der Waals surface area contributed by atoms with E-state index in [2.05, 4.69) is 15.9 Å². The summed E-state index contributed by atoms with van der Waals surface area (Å²) in [6, 6.07) is 3.48. The number of ether oxygens (including phenoxy) is 2. The molecule has 0 bridgehead atoms. The van der Waals surface area contributed by atoms with E-state index in [1.54, 1.807) is 12.1 Å². The second-order valence-electron chi connectivity index (χ2n) is 3.34. The molecule has 0 radical (unpaired) electrons. The smallest absolute Gasteiger partial charge is 0.175 e. The van der Waals surface area contributed by atoms with Gasteiger partial charge in [-0.05, 0) is 40.5 Å². The average molecular weight is 356 g/mol. The lowest BCUT2D eigenvalue weighted by Crippen LogP contribution is -2.02. The van der Waals surface area contributed by atoms with Crippen molar-refractivity contribution in [3.05, 3.63) is 32.7 Å². The predicted octanol–water partition coefficient (Wildman–Crippen LogP) is 4.04. The van der Waals surface area contributed by atoms with E-state index >= 15 is 0 Å².